The van der Waals surface area contributed by atoms with Gasteiger partial charge in [-0.3, -0.25) is 4.79 Å². The SMILES string of the molecule is COc1cc(C(=O)N2CC(Oc3ncccc3C#N)C2)cc(OC)c1OC. The van der Waals surface area contributed by atoms with Gasteiger partial charge in [0.25, 0.3) is 5.91 Å². The van der Waals surface area contributed by atoms with Crippen molar-refractivity contribution in [3.05, 3.63) is 41.6 Å². The molecule has 1 saturated heterocycles. The number of likely N-dealkylation sites (tertiary alicyclic amines) is 1. The maximum absolute atomic E-state index is 12.7. The molecule has 0 unspecified atom stereocenters. The monoisotopic (exact) mass is 369 g/mol. The molecule has 0 spiro atoms. The Morgan fingerprint density at radius 1 is 1.19 bits per heavy atom. The first-order valence-electron chi connectivity index (χ1n) is 8.22. The highest BCUT2D eigenvalue weighted by Gasteiger charge is 2.34. The molecule has 1 aromatic heterocycles. The lowest BCUT2D eigenvalue weighted by Crippen LogP contribution is -2.56. The van der Waals surface area contributed by atoms with Crippen molar-refractivity contribution in [3.63, 3.8) is 0 Å². The minimum absolute atomic E-state index is 0.171. The predicted molar refractivity (Wildman–Crippen MR) is 95.4 cm³/mol. The molecule has 8 nitrogen and oxygen atoms in total. The first-order chi connectivity index (χ1) is 13.1. The number of methoxy groups -OCH3 is 3. The summed E-state index contributed by atoms with van der Waals surface area (Å²) in [6.07, 6.45) is 1.35. The summed E-state index contributed by atoms with van der Waals surface area (Å²) in [6.45, 7) is 0.799. The van der Waals surface area contributed by atoms with Crippen LogP contribution >= 0.6 is 0 Å². The number of amides is 1. The summed E-state index contributed by atoms with van der Waals surface area (Å²) in [6, 6.07) is 8.58. The highest BCUT2D eigenvalue weighted by Crippen LogP contribution is 2.38. The fourth-order valence-corrected chi connectivity index (χ4v) is 2.79. The van der Waals surface area contributed by atoms with Crippen molar-refractivity contribution in [2.45, 2.75) is 6.10 Å². The van der Waals surface area contributed by atoms with Gasteiger partial charge in [-0.25, -0.2) is 4.98 Å². The molecule has 1 amide bonds. The zero-order valence-corrected chi connectivity index (χ0v) is 15.3. The Labute approximate surface area is 156 Å². The number of ether oxygens (including phenoxy) is 4. The van der Waals surface area contributed by atoms with Gasteiger partial charge >= 0.3 is 0 Å². The van der Waals surface area contributed by atoms with Crippen LogP contribution in [-0.2, 0) is 0 Å². The highest BCUT2D eigenvalue weighted by atomic mass is 16.5. The van der Waals surface area contributed by atoms with Gasteiger partial charge < -0.3 is 23.8 Å². The average Bonchev–Trinajstić information content (AvgIpc) is 2.68. The van der Waals surface area contributed by atoms with E-state index in [-0.39, 0.29) is 17.9 Å². The van der Waals surface area contributed by atoms with Crippen LogP contribution in [0.2, 0.25) is 0 Å². The van der Waals surface area contributed by atoms with Gasteiger partial charge in [-0.15, -0.1) is 0 Å². The molecule has 3 rings (SSSR count). The number of benzene rings is 1. The summed E-state index contributed by atoms with van der Waals surface area (Å²) in [4.78, 5) is 18.4. The molecule has 1 aliphatic rings. The van der Waals surface area contributed by atoms with Gasteiger partial charge in [-0.1, -0.05) is 0 Å². The second-order valence-electron chi connectivity index (χ2n) is 5.83. The van der Waals surface area contributed by atoms with E-state index in [1.807, 2.05) is 6.07 Å². The van der Waals surface area contributed by atoms with Crippen molar-refractivity contribution in [2.24, 2.45) is 0 Å². The van der Waals surface area contributed by atoms with Crippen LogP contribution in [0.25, 0.3) is 0 Å². The van der Waals surface area contributed by atoms with Gasteiger partial charge in [0.05, 0.1) is 34.4 Å². The van der Waals surface area contributed by atoms with Crippen molar-refractivity contribution in [1.29, 1.82) is 5.26 Å². The minimum atomic E-state index is -0.210. The summed E-state index contributed by atoms with van der Waals surface area (Å²) in [5.41, 5.74) is 0.797. The molecular weight excluding hydrogens is 350 g/mol. The molecule has 0 N–H and O–H groups in total. The van der Waals surface area contributed by atoms with Crippen molar-refractivity contribution in [3.8, 4) is 29.2 Å². The topological polar surface area (TPSA) is 93.9 Å². The lowest BCUT2D eigenvalue weighted by atomic mass is 10.1. The van der Waals surface area contributed by atoms with Crippen molar-refractivity contribution in [1.82, 2.24) is 9.88 Å². The third kappa shape index (κ3) is 3.58. The van der Waals surface area contributed by atoms with Crippen LogP contribution in [0.1, 0.15) is 15.9 Å². The highest BCUT2D eigenvalue weighted by molar-refractivity contribution is 5.96. The van der Waals surface area contributed by atoms with E-state index < -0.39 is 0 Å². The van der Waals surface area contributed by atoms with E-state index in [1.165, 1.54) is 21.3 Å². The van der Waals surface area contributed by atoms with Gasteiger partial charge in [-0.2, -0.15) is 5.26 Å². The second-order valence-corrected chi connectivity index (χ2v) is 5.83. The number of nitrogens with zero attached hydrogens (tertiary/aromatic N) is 3. The Hall–Kier alpha value is -3.47. The Balaban J connectivity index is 1.69. The van der Waals surface area contributed by atoms with Crippen LogP contribution in [0.4, 0.5) is 0 Å². The normalized spacial score (nSPS) is 13.3. The molecule has 0 atom stereocenters. The fourth-order valence-electron chi connectivity index (χ4n) is 2.79. The largest absolute Gasteiger partial charge is 0.493 e. The Bertz CT molecular complexity index is 862. The van der Waals surface area contributed by atoms with Crippen LogP contribution in [0, 0.1) is 11.3 Å². The number of nitriles is 1. The molecule has 1 aromatic carbocycles. The van der Waals surface area contributed by atoms with E-state index in [0.717, 1.165) is 0 Å². The lowest BCUT2D eigenvalue weighted by Gasteiger charge is -2.38. The number of carbonyl (C=O) groups excluding carboxylic acids is 1. The van der Waals surface area contributed by atoms with Crippen LogP contribution in [-0.4, -0.2) is 56.3 Å². The molecule has 1 fully saturated rings. The van der Waals surface area contributed by atoms with Gasteiger partial charge in [0.15, 0.2) is 11.5 Å². The molecule has 8 heteroatoms. The van der Waals surface area contributed by atoms with Gasteiger partial charge in [0, 0.05) is 11.8 Å². The number of pyridine rings is 1. The third-order valence-corrected chi connectivity index (χ3v) is 4.22. The molecule has 0 aliphatic carbocycles. The Morgan fingerprint density at radius 2 is 1.85 bits per heavy atom. The smallest absolute Gasteiger partial charge is 0.254 e. The van der Waals surface area contributed by atoms with Crippen LogP contribution in [0.5, 0.6) is 23.1 Å². The zero-order valence-electron chi connectivity index (χ0n) is 15.3. The summed E-state index contributed by atoms with van der Waals surface area (Å²) in [5.74, 6) is 1.38. The van der Waals surface area contributed by atoms with Crippen molar-refractivity contribution >= 4 is 5.91 Å². The quantitative estimate of drug-likeness (QED) is 0.767. The number of aromatic nitrogens is 1. The van der Waals surface area contributed by atoms with E-state index in [2.05, 4.69) is 4.98 Å². The average molecular weight is 369 g/mol. The van der Waals surface area contributed by atoms with Crippen LogP contribution < -0.4 is 18.9 Å². The third-order valence-electron chi connectivity index (χ3n) is 4.22. The van der Waals surface area contributed by atoms with Gasteiger partial charge in [-0.05, 0) is 24.3 Å². The van der Waals surface area contributed by atoms with Gasteiger partial charge in [0.1, 0.15) is 17.7 Å². The number of carbonyl (C=O) groups is 1. The first kappa shape index (κ1) is 18.3. The summed E-state index contributed by atoms with van der Waals surface area (Å²) in [5, 5.41) is 9.08. The van der Waals surface area contributed by atoms with Crippen molar-refractivity contribution in [2.75, 3.05) is 34.4 Å². The van der Waals surface area contributed by atoms with E-state index in [9.17, 15) is 4.79 Å². The molecule has 0 radical (unpaired) electrons. The maximum Gasteiger partial charge on any atom is 0.254 e. The first-order valence-corrected chi connectivity index (χ1v) is 8.22. The lowest BCUT2D eigenvalue weighted by molar-refractivity contribution is 0.0158. The minimum Gasteiger partial charge on any atom is -0.493 e. The van der Waals surface area contributed by atoms with E-state index in [0.29, 0.717) is 41.5 Å². The van der Waals surface area contributed by atoms with E-state index >= 15 is 0 Å². The molecule has 0 saturated carbocycles. The molecule has 0 bridgehead atoms. The van der Waals surface area contributed by atoms with Crippen LogP contribution in [0.3, 0.4) is 0 Å². The predicted octanol–water partition coefficient (Wildman–Crippen LogP) is 1.88. The van der Waals surface area contributed by atoms with E-state index in [1.54, 1.807) is 35.4 Å². The number of rotatable bonds is 6. The summed E-state index contributed by atoms with van der Waals surface area (Å²) >= 11 is 0. The van der Waals surface area contributed by atoms with Gasteiger partial charge in [0.2, 0.25) is 11.6 Å². The standard InChI is InChI=1S/C19H19N3O5/c1-24-15-7-13(8-16(25-2)17(15)26-3)19(23)22-10-14(11-22)27-18-12(9-20)5-4-6-21-18/h4-8,14H,10-11H2,1-3H3. The molecular formula is C19H19N3O5. The van der Waals surface area contributed by atoms with Crippen molar-refractivity contribution < 1.29 is 23.7 Å². The number of hydrogen-bond donors (Lipinski definition) is 0. The molecule has 2 aromatic rings. The van der Waals surface area contributed by atoms with E-state index in [4.69, 9.17) is 24.2 Å². The van der Waals surface area contributed by atoms with Crippen LogP contribution in [0.15, 0.2) is 30.5 Å². The maximum atomic E-state index is 12.7. The summed E-state index contributed by atoms with van der Waals surface area (Å²) < 4.78 is 21.6. The number of hydrogen-bond acceptors (Lipinski definition) is 7. The molecule has 27 heavy (non-hydrogen) atoms. The zero-order chi connectivity index (χ0) is 19.4. The second kappa shape index (κ2) is 7.83. The molecule has 140 valence electrons. The Morgan fingerprint density at radius 3 is 2.41 bits per heavy atom. The molecule has 2 heterocycles. The molecule has 1 aliphatic heterocycles. The fraction of sp³-hybridized carbons (Fsp3) is 0.316. The summed E-state index contributed by atoms with van der Waals surface area (Å²) in [7, 11) is 4.50. The Kier molecular flexibility index (Phi) is 5.31.